The molecule has 1 amide bonds. The Kier molecular flexibility index (Phi) is 6.33. The molecule has 1 unspecified atom stereocenters. The largest absolute Gasteiger partial charge is 0.415 e. The summed E-state index contributed by atoms with van der Waals surface area (Å²) in [5.41, 5.74) is 1.06. The summed E-state index contributed by atoms with van der Waals surface area (Å²) in [6, 6.07) is 14.3. The highest BCUT2D eigenvalue weighted by Gasteiger charge is 2.27. The number of carbonyl (C=O) groups is 1. The van der Waals surface area contributed by atoms with Gasteiger partial charge in [0.15, 0.2) is 0 Å². The van der Waals surface area contributed by atoms with E-state index in [2.05, 4.69) is 15.5 Å². The SMILES string of the molecule is CC(C)(C)c1nnc(SC(C(=O)Nc2cc(Cl)cc(Cl)c2)c2ccccc2)o1. The van der Waals surface area contributed by atoms with Crippen LogP contribution in [0, 0.1) is 0 Å². The van der Waals surface area contributed by atoms with Gasteiger partial charge in [-0.15, -0.1) is 10.2 Å². The topological polar surface area (TPSA) is 68.0 Å². The number of carbonyl (C=O) groups excluding carboxylic acids is 1. The minimum atomic E-state index is -0.591. The zero-order valence-electron chi connectivity index (χ0n) is 15.6. The number of nitrogens with one attached hydrogen (secondary N) is 1. The van der Waals surface area contributed by atoms with Gasteiger partial charge in [-0.2, -0.15) is 0 Å². The molecule has 0 radical (unpaired) electrons. The maximum atomic E-state index is 13.0. The van der Waals surface area contributed by atoms with Crippen molar-refractivity contribution in [3.63, 3.8) is 0 Å². The van der Waals surface area contributed by atoms with Gasteiger partial charge in [-0.3, -0.25) is 4.79 Å². The molecule has 28 heavy (non-hydrogen) atoms. The van der Waals surface area contributed by atoms with Crippen molar-refractivity contribution in [1.29, 1.82) is 0 Å². The summed E-state index contributed by atoms with van der Waals surface area (Å²) >= 11 is 13.3. The lowest BCUT2D eigenvalue weighted by Gasteiger charge is -2.16. The van der Waals surface area contributed by atoms with E-state index < -0.39 is 5.25 Å². The number of nitrogens with zero attached hydrogens (tertiary/aromatic N) is 2. The Bertz CT molecular complexity index is 951. The minimum absolute atomic E-state index is 0.245. The van der Waals surface area contributed by atoms with Gasteiger partial charge in [0.05, 0.1) is 0 Å². The predicted molar refractivity (Wildman–Crippen MR) is 113 cm³/mol. The van der Waals surface area contributed by atoms with E-state index in [1.165, 1.54) is 11.8 Å². The second kappa shape index (κ2) is 8.55. The summed E-state index contributed by atoms with van der Waals surface area (Å²) in [5, 5.41) is 11.7. The number of hydrogen-bond acceptors (Lipinski definition) is 5. The van der Waals surface area contributed by atoms with Gasteiger partial charge in [-0.1, -0.05) is 74.3 Å². The van der Waals surface area contributed by atoms with Gasteiger partial charge < -0.3 is 9.73 Å². The van der Waals surface area contributed by atoms with E-state index in [-0.39, 0.29) is 11.3 Å². The normalized spacial score (nSPS) is 12.6. The van der Waals surface area contributed by atoms with E-state index in [1.54, 1.807) is 18.2 Å². The van der Waals surface area contributed by atoms with E-state index in [1.807, 2.05) is 51.1 Å². The van der Waals surface area contributed by atoms with Crippen molar-refractivity contribution in [1.82, 2.24) is 10.2 Å². The van der Waals surface area contributed by atoms with Crippen LogP contribution in [0.1, 0.15) is 37.5 Å². The number of benzene rings is 2. The summed E-state index contributed by atoms with van der Waals surface area (Å²) in [5.74, 6) is 0.272. The molecule has 5 nitrogen and oxygen atoms in total. The Morgan fingerprint density at radius 2 is 1.71 bits per heavy atom. The lowest BCUT2D eigenvalue weighted by atomic mass is 9.97. The van der Waals surface area contributed by atoms with Crippen LogP contribution in [0.15, 0.2) is 58.2 Å². The highest BCUT2D eigenvalue weighted by Crippen LogP contribution is 2.37. The minimum Gasteiger partial charge on any atom is -0.415 e. The van der Waals surface area contributed by atoms with Crippen LogP contribution >= 0.6 is 35.0 Å². The molecule has 2 aromatic carbocycles. The predicted octanol–water partition coefficient (Wildman–Crippen LogP) is 6.15. The molecule has 3 rings (SSSR count). The molecule has 0 fully saturated rings. The molecule has 0 aliphatic heterocycles. The molecule has 0 aliphatic carbocycles. The molecule has 8 heteroatoms. The van der Waals surface area contributed by atoms with Gasteiger partial charge >= 0.3 is 0 Å². The highest BCUT2D eigenvalue weighted by molar-refractivity contribution is 8.00. The van der Waals surface area contributed by atoms with Crippen molar-refractivity contribution >= 4 is 46.6 Å². The van der Waals surface area contributed by atoms with Gasteiger partial charge in [0.25, 0.3) is 5.22 Å². The number of rotatable bonds is 5. The van der Waals surface area contributed by atoms with Gasteiger partial charge in [0.2, 0.25) is 11.8 Å². The number of halogens is 2. The standard InChI is InChI=1S/C20H19Cl2N3O2S/c1-20(2,3)18-24-25-19(27-18)28-16(12-7-5-4-6-8-12)17(26)23-15-10-13(21)9-14(22)11-15/h4-11,16H,1-3H3,(H,23,26). The molecule has 1 atom stereocenters. The molecule has 0 spiro atoms. The smallest absolute Gasteiger partial charge is 0.277 e. The molecule has 0 aliphatic rings. The monoisotopic (exact) mass is 435 g/mol. The van der Waals surface area contributed by atoms with Gasteiger partial charge in [0.1, 0.15) is 5.25 Å². The first kappa shape index (κ1) is 20.7. The number of thioether (sulfide) groups is 1. The summed E-state index contributed by atoms with van der Waals surface area (Å²) in [7, 11) is 0. The second-order valence-corrected chi connectivity index (χ2v) is 9.11. The van der Waals surface area contributed by atoms with Gasteiger partial charge in [-0.25, -0.2) is 0 Å². The fourth-order valence-corrected chi connectivity index (χ4v) is 3.80. The number of aromatic nitrogens is 2. The average Bonchev–Trinajstić information content (AvgIpc) is 3.08. The maximum Gasteiger partial charge on any atom is 0.277 e. The van der Waals surface area contributed by atoms with Crippen LogP contribution in [0.3, 0.4) is 0 Å². The first-order chi connectivity index (χ1) is 13.2. The Hall–Kier alpha value is -2.02. The zero-order valence-corrected chi connectivity index (χ0v) is 17.9. The van der Waals surface area contributed by atoms with Crippen molar-refractivity contribution in [3.05, 3.63) is 70.0 Å². The third kappa shape index (κ3) is 5.28. The van der Waals surface area contributed by atoms with Crippen molar-refractivity contribution in [2.75, 3.05) is 5.32 Å². The first-order valence-electron chi connectivity index (χ1n) is 8.55. The van der Waals surface area contributed by atoms with Crippen LogP contribution in [0.2, 0.25) is 10.0 Å². The van der Waals surface area contributed by atoms with Crippen LogP contribution in [0.4, 0.5) is 5.69 Å². The molecule has 1 heterocycles. The Labute approximate surface area is 177 Å². The lowest BCUT2D eigenvalue weighted by Crippen LogP contribution is -2.19. The Morgan fingerprint density at radius 3 is 2.29 bits per heavy atom. The van der Waals surface area contributed by atoms with E-state index in [9.17, 15) is 4.79 Å². The molecule has 0 saturated carbocycles. The molecule has 1 N–H and O–H groups in total. The Morgan fingerprint density at radius 1 is 1.07 bits per heavy atom. The number of amides is 1. The van der Waals surface area contributed by atoms with E-state index in [4.69, 9.17) is 27.6 Å². The summed E-state index contributed by atoms with van der Waals surface area (Å²) in [6.07, 6.45) is 0. The van der Waals surface area contributed by atoms with Crippen LogP contribution < -0.4 is 5.32 Å². The average molecular weight is 436 g/mol. The van der Waals surface area contributed by atoms with Crippen molar-refractivity contribution in [2.45, 2.75) is 36.7 Å². The summed E-state index contributed by atoms with van der Waals surface area (Å²) < 4.78 is 5.76. The second-order valence-electron chi connectivity index (χ2n) is 7.18. The van der Waals surface area contributed by atoms with Gasteiger partial charge in [-0.05, 0) is 35.5 Å². The fourth-order valence-electron chi connectivity index (χ4n) is 2.40. The van der Waals surface area contributed by atoms with Crippen molar-refractivity contribution < 1.29 is 9.21 Å². The van der Waals surface area contributed by atoms with E-state index in [0.29, 0.717) is 26.8 Å². The fraction of sp³-hybridized carbons (Fsp3) is 0.250. The zero-order chi connectivity index (χ0) is 20.3. The molecule has 3 aromatic rings. The van der Waals surface area contributed by atoms with E-state index in [0.717, 1.165) is 5.56 Å². The van der Waals surface area contributed by atoms with Crippen LogP contribution in [0.5, 0.6) is 0 Å². The number of anilines is 1. The van der Waals surface area contributed by atoms with Crippen molar-refractivity contribution in [3.8, 4) is 0 Å². The molecule has 1 aromatic heterocycles. The molecular formula is C20H19Cl2N3O2S. The van der Waals surface area contributed by atoms with Crippen LogP contribution in [0.25, 0.3) is 0 Å². The molecular weight excluding hydrogens is 417 g/mol. The van der Waals surface area contributed by atoms with Crippen LogP contribution in [-0.4, -0.2) is 16.1 Å². The third-order valence-electron chi connectivity index (χ3n) is 3.74. The summed E-state index contributed by atoms with van der Waals surface area (Å²) in [4.78, 5) is 13.0. The van der Waals surface area contributed by atoms with Gasteiger partial charge in [0, 0.05) is 21.1 Å². The number of hydrogen-bond donors (Lipinski definition) is 1. The quantitative estimate of drug-likeness (QED) is 0.486. The molecule has 0 bridgehead atoms. The van der Waals surface area contributed by atoms with E-state index >= 15 is 0 Å². The maximum absolute atomic E-state index is 13.0. The summed E-state index contributed by atoms with van der Waals surface area (Å²) in [6.45, 7) is 5.96. The lowest BCUT2D eigenvalue weighted by molar-refractivity contribution is -0.115. The van der Waals surface area contributed by atoms with Crippen molar-refractivity contribution in [2.24, 2.45) is 0 Å². The first-order valence-corrected chi connectivity index (χ1v) is 10.2. The molecule has 0 saturated heterocycles. The highest BCUT2D eigenvalue weighted by atomic mass is 35.5. The molecule has 146 valence electrons. The third-order valence-corrected chi connectivity index (χ3v) is 5.26. The Balaban J connectivity index is 1.87. The van der Waals surface area contributed by atoms with Crippen LogP contribution in [-0.2, 0) is 10.2 Å².